The minimum Gasteiger partial charge on any atom is -0.462 e. The van der Waals surface area contributed by atoms with Gasteiger partial charge in [-0.1, -0.05) is 6.07 Å². The third-order valence-corrected chi connectivity index (χ3v) is 5.19. The van der Waals surface area contributed by atoms with Crippen LogP contribution in [0.15, 0.2) is 18.2 Å². The van der Waals surface area contributed by atoms with Crippen LogP contribution in [0.25, 0.3) is 10.1 Å². The first kappa shape index (κ1) is 17.8. The summed E-state index contributed by atoms with van der Waals surface area (Å²) < 4.78 is 20.2. The van der Waals surface area contributed by atoms with Crippen molar-refractivity contribution < 1.29 is 18.7 Å². The molecule has 1 aromatic carbocycles. The molecule has 0 aliphatic heterocycles. The largest absolute Gasteiger partial charge is 0.462 e. The van der Waals surface area contributed by atoms with Crippen molar-refractivity contribution in [1.82, 2.24) is 10.2 Å². The lowest BCUT2D eigenvalue weighted by Crippen LogP contribution is -2.36. The molecule has 5 nitrogen and oxygen atoms in total. The van der Waals surface area contributed by atoms with Crippen LogP contribution >= 0.6 is 11.3 Å². The highest BCUT2D eigenvalue weighted by molar-refractivity contribution is 7.21. The number of thiophene rings is 1. The molecular weight excluding hydrogens is 343 g/mol. The highest BCUT2D eigenvalue weighted by atomic mass is 32.1. The normalized spacial score (nSPS) is 14.1. The van der Waals surface area contributed by atoms with Crippen LogP contribution in [0.2, 0.25) is 0 Å². The number of amides is 1. The molecule has 1 aliphatic rings. The van der Waals surface area contributed by atoms with Crippen LogP contribution in [-0.4, -0.2) is 43.0 Å². The van der Waals surface area contributed by atoms with E-state index >= 15 is 0 Å². The maximum Gasteiger partial charge on any atom is 0.348 e. The molecule has 1 aromatic heterocycles. The molecule has 1 heterocycles. The molecule has 1 amide bonds. The fraction of sp³-hybridized carbons (Fsp3) is 0.444. The molecule has 2 aromatic rings. The Labute approximate surface area is 149 Å². The Bertz CT molecular complexity index is 801. The predicted molar refractivity (Wildman–Crippen MR) is 95.2 cm³/mol. The van der Waals surface area contributed by atoms with E-state index in [0.717, 1.165) is 12.8 Å². The number of rotatable bonds is 7. The Balaban J connectivity index is 1.85. The number of hydrogen-bond acceptors (Lipinski definition) is 5. The number of nitrogens with zero attached hydrogens (tertiary/aromatic N) is 1. The van der Waals surface area contributed by atoms with Crippen molar-refractivity contribution in [1.29, 1.82) is 0 Å². The molecule has 1 saturated carbocycles. The molecule has 0 unspecified atom stereocenters. The molecule has 0 radical (unpaired) electrons. The van der Waals surface area contributed by atoms with Gasteiger partial charge in [0.1, 0.15) is 10.7 Å². The summed E-state index contributed by atoms with van der Waals surface area (Å²) in [5.74, 6) is -0.869. The van der Waals surface area contributed by atoms with E-state index in [9.17, 15) is 14.0 Å². The zero-order chi connectivity index (χ0) is 18.0. The van der Waals surface area contributed by atoms with E-state index in [-0.39, 0.29) is 24.9 Å². The molecule has 0 bridgehead atoms. The fourth-order valence-corrected chi connectivity index (χ4v) is 3.87. The number of likely N-dealkylation sites (N-methyl/N-ethyl adjacent to an activating group) is 1. The highest BCUT2D eigenvalue weighted by Crippen LogP contribution is 2.34. The molecule has 0 spiro atoms. The van der Waals surface area contributed by atoms with Crippen LogP contribution in [-0.2, 0) is 16.1 Å². The van der Waals surface area contributed by atoms with E-state index in [1.165, 1.54) is 17.4 Å². The quantitative estimate of drug-likeness (QED) is 0.768. The number of fused-ring (bicyclic) bond motifs is 1. The van der Waals surface area contributed by atoms with Crippen molar-refractivity contribution >= 4 is 33.3 Å². The molecule has 1 N–H and O–H groups in total. The summed E-state index contributed by atoms with van der Waals surface area (Å²) in [6, 6.07) is 5.10. The van der Waals surface area contributed by atoms with E-state index < -0.39 is 5.97 Å². The minimum absolute atomic E-state index is 0.0531. The molecule has 0 atom stereocenters. The Morgan fingerprint density at radius 1 is 1.40 bits per heavy atom. The fourth-order valence-electron chi connectivity index (χ4n) is 2.75. The van der Waals surface area contributed by atoms with Crippen LogP contribution < -0.4 is 5.32 Å². The average molecular weight is 364 g/mol. The number of esters is 1. The van der Waals surface area contributed by atoms with E-state index in [0.29, 0.717) is 33.1 Å². The maximum atomic E-state index is 14.4. The highest BCUT2D eigenvalue weighted by Gasteiger charge is 2.25. The number of nitrogens with one attached hydrogen (secondary N) is 1. The predicted octanol–water partition coefficient (Wildman–Crippen LogP) is 2.93. The summed E-state index contributed by atoms with van der Waals surface area (Å²) in [4.78, 5) is 26.4. The SMILES string of the molecule is CCOC(=O)c1sc2cccc(F)c2c1CN(C)CC(=O)NC1CC1. The lowest BCUT2D eigenvalue weighted by molar-refractivity contribution is -0.122. The standard InChI is InChI=1S/C18H21FN2O3S/c1-3-24-18(23)17-12(16-13(19)5-4-6-14(16)25-17)9-21(2)10-15(22)20-11-7-8-11/h4-6,11H,3,7-10H2,1-2H3,(H,20,22). The van der Waals surface area contributed by atoms with Gasteiger partial charge >= 0.3 is 5.97 Å². The average Bonchev–Trinajstić information content (AvgIpc) is 3.27. The van der Waals surface area contributed by atoms with Crippen molar-refractivity contribution in [2.75, 3.05) is 20.2 Å². The van der Waals surface area contributed by atoms with Gasteiger partial charge in [0.2, 0.25) is 5.91 Å². The zero-order valence-electron chi connectivity index (χ0n) is 14.3. The van der Waals surface area contributed by atoms with Gasteiger partial charge in [-0.3, -0.25) is 9.69 Å². The lowest BCUT2D eigenvalue weighted by atomic mass is 10.1. The summed E-state index contributed by atoms with van der Waals surface area (Å²) in [7, 11) is 1.78. The Kier molecular flexibility index (Phi) is 5.34. The van der Waals surface area contributed by atoms with Crippen molar-refractivity contribution in [3.63, 3.8) is 0 Å². The number of carbonyl (C=O) groups is 2. The molecule has 3 rings (SSSR count). The van der Waals surface area contributed by atoms with E-state index in [2.05, 4.69) is 5.32 Å². The first-order valence-corrected chi connectivity index (χ1v) is 9.16. The van der Waals surface area contributed by atoms with Gasteiger partial charge in [0.25, 0.3) is 0 Å². The molecule has 1 aliphatic carbocycles. The Morgan fingerprint density at radius 3 is 2.84 bits per heavy atom. The van der Waals surface area contributed by atoms with Crippen LogP contribution in [0.4, 0.5) is 4.39 Å². The molecule has 25 heavy (non-hydrogen) atoms. The molecule has 0 saturated heterocycles. The Hall–Kier alpha value is -1.99. The smallest absolute Gasteiger partial charge is 0.348 e. The van der Waals surface area contributed by atoms with Crippen molar-refractivity contribution in [3.8, 4) is 0 Å². The van der Waals surface area contributed by atoms with Gasteiger partial charge in [-0.15, -0.1) is 11.3 Å². The number of carbonyl (C=O) groups excluding carboxylic acids is 2. The molecule has 134 valence electrons. The molecule has 7 heteroatoms. The second kappa shape index (κ2) is 7.49. The second-order valence-electron chi connectivity index (χ2n) is 6.26. The van der Waals surface area contributed by atoms with Crippen LogP contribution in [0.3, 0.4) is 0 Å². The van der Waals surface area contributed by atoms with Crippen molar-refractivity contribution in [2.45, 2.75) is 32.4 Å². The number of benzene rings is 1. The van der Waals surface area contributed by atoms with Gasteiger partial charge in [0, 0.05) is 28.2 Å². The van der Waals surface area contributed by atoms with Gasteiger partial charge in [0.05, 0.1) is 13.2 Å². The lowest BCUT2D eigenvalue weighted by Gasteiger charge is -2.17. The summed E-state index contributed by atoms with van der Waals surface area (Å²) in [6.45, 7) is 2.49. The molecular formula is C18H21FN2O3S. The third kappa shape index (κ3) is 4.16. The monoisotopic (exact) mass is 364 g/mol. The Morgan fingerprint density at radius 2 is 2.16 bits per heavy atom. The summed E-state index contributed by atoms with van der Waals surface area (Å²) in [5, 5.41) is 3.36. The minimum atomic E-state index is -0.450. The topological polar surface area (TPSA) is 58.6 Å². The van der Waals surface area contributed by atoms with Crippen LogP contribution in [0, 0.1) is 5.82 Å². The second-order valence-corrected chi connectivity index (χ2v) is 7.31. The summed E-state index contributed by atoms with van der Waals surface area (Å²) in [5.41, 5.74) is 0.582. The van der Waals surface area contributed by atoms with Gasteiger partial charge in [0.15, 0.2) is 0 Å². The van der Waals surface area contributed by atoms with Gasteiger partial charge < -0.3 is 10.1 Å². The maximum absolute atomic E-state index is 14.4. The first-order chi connectivity index (χ1) is 12.0. The number of hydrogen-bond donors (Lipinski definition) is 1. The van der Waals surface area contributed by atoms with Crippen molar-refractivity contribution in [2.24, 2.45) is 0 Å². The van der Waals surface area contributed by atoms with E-state index in [4.69, 9.17) is 4.74 Å². The van der Waals surface area contributed by atoms with E-state index in [1.54, 1.807) is 31.0 Å². The number of ether oxygens (including phenoxy) is 1. The zero-order valence-corrected chi connectivity index (χ0v) is 15.1. The summed E-state index contributed by atoms with van der Waals surface area (Å²) in [6.07, 6.45) is 2.06. The summed E-state index contributed by atoms with van der Waals surface area (Å²) >= 11 is 1.23. The van der Waals surface area contributed by atoms with E-state index in [1.807, 2.05) is 0 Å². The van der Waals surface area contributed by atoms with Gasteiger partial charge in [-0.2, -0.15) is 0 Å². The third-order valence-electron chi connectivity index (χ3n) is 4.01. The van der Waals surface area contributed by atoms with Gasteiger partial charge in [-0.05, 0) is 38.9 Å². The van der Waals surface area contributed by atoms with Gasteiger partial charge in [-0.25, -0.2) is 9.18 Å². The number of halogens is 1. The van der Waals surface area contributed by atoms with Crippen molar-refractivity contribution in [3.05, 3.63) is 34.5 Å². The van der Waals surface area contributed by atoms with Crippen LogP contribution in [0.5, 0.6) is 0 Å². The first-order valence-electron chi connectivity index (χ1n) is 8.34. The molecule has 1 fully saturated rings. The van der Waals surface area contributed by atoms with Crippen LogP contribution in [0.1, 0.15) is 35.0 Å².